The number of hydrogen-bond acceptors (Lipinski definition) is 4. The van der Waals surface area contributed by atoms with Crippen molar-refractivity contribution in [2.75, 3.05) is 7.11 Å². The molecule has 0 bridgehead atoms. The maximum Gasteiger partial charge on any atom is 0.574 e. The van der Waals surface area contributed by atoms with Crippen LogP contribution in [0.4, 0.5) is 13.2 Å². The number of alkyl halides is 3. The Morgan fingerprint density at radius 1 is 1.53 bits per heavy atom. The highest BCUT2D eigenvalue weighted by molar-refractivity contribution is 14.1. The lowest BCUT2D eigenvalue weighted by Crippen LogP contribution is -2.19. The van der Waals surface area contributed by atoms with Gasteiger partial charge in [0, 0.05) is 6.07 Å². The molecular weight excluding hydrogens is 358 g/mol. The van der Waals surface area contributed by atoms with Crippen molar-refractivity contribution in [1.82, 2.24) is 4.98 Å². The minimum atomic E-state index is -4.94. The van der Waals surface area contributed by atoms with Crippen LogP contribution in [0.15, 0.2) is 6.07 Å². The number of methoxy groups -OCH3 is 1. The molecule has 94 valence electrons. The summed E-state index contributed by atoms with van der Waals surface area (Å²) < 4.78 is 44.2. The Kier molecular flexibility index (Phi) is 4.01. The number of carboxylic acid groups (broad SMARTS) is 1. The van der Waals surface area contributed by atoms with Gasteiger partial charge < -0.3 is 14.6 Å². The summed E-state index contributed by atoms with van der Waals surface area (Å²) in [7, 11) is 1.19. The molecule has 0 saturated heterocycles. The Balaban J connectivity index is 3.25. The Labute approximate surface area is 107 Å². The molecule has 1 aromatic heterocycles. The van der Waals surface area contributed by atoms with Crippen LogP contribution >= 0.6 is 22.6 Å². The smallest absolute Gasteiger partial charge is 0.495 e. The summed E-state index contributed by atoms with van der Waals surface area (Å²) in [6.45, 7) is 0. The zero-order valence-electron chi connectivity index (χ0n) is 8.21. The van der Waals surface area contributed by atoms with Crippen LogP contribution in [0.5, 0.6) is 11.6 Å². The number of aromatic carboxylic acids is 1. The molecule has 0 radical (unpaired) electrons. The predicted molar refractivity (Wildman–Crippen MR) is 57.1 cm³/mol. The molecule has 17 heavy (non-hydrogen) atoms. The van der Waals surface area contributed by atoms with E-state index in [4.69, 9.17) is 9.84 Å². The fraction of sp³-hybridized carbons (Fsp3) is 0.250. The molecular formula is C8H5F3INO4. The molecule has 0 unspecified atom stereocenters. The first-order valence-corrected chi connectivity index (χ1v) is 5.06. The average molecular weight is 363 g/mol. The standard InChI is InChI=1S/C8H5F3INO4/c1-16-3-2-4(17-8(9,10)11)13-6(5(3)12)7(14)15/h2H,1H3,(H,14,15). The second kappa shape index (κ2) is 4.94. The van der Waals surface area contributed by atoms with Crippen LogP contribution in [-0.2, 0) is 0 Å². The van der Waals surface area contributed by atoms with Gasteiger partial charge in [0.15, 0.2) is 5.69 Å². The highest BCUT2D eigenvalue weighted by Gasteiger charge is 2.33. The van der Waals surface area contributed by atoms with Gasteiger partial charge in [-0.15, -0.1) is 13.2 Å². The van der Waals surface area contributed by atoms with Crippen molar-refractivity contribution in [3.63, 3.8) is 0 Å². The van der Waals surface area contributed by atoms with Gasteiger partial charge in [-0.1, -0.05) is 0 Å². The van der Waals surface area contributed by atoms with E-state index in [2.05, 4.69) is 9.72 Å². The Hall–Kier alpha value is -1.26. The summed E-state index contributed by atoms with van der Waals surface area (Å²) >= 11 is 1.60. The van der Waals surface area contributed by atoms with Gasteiger partial charge in [-0.05, 0) is 22.6 Å². The number of hydrogen-bond donors (Lipinski definition) is 1. The first kappa shape index (κ1) is 13.8. The number of aromatic nitrogens is 1. The van der Waals surface area contributed by atoms with Crippen molar-refractivity contribution in [3.05, 3.63) is 15.3 Å². The van der Waals surface area contributed by atoms with Gasteiger partial charge >= 0.3 is 12.3 Å². The zero-order valence-corrected chi connectivity index (χ0v) is 10.4. The number of nitrogens with zero attached hydrogens (tertiary/aromatic N) is 1. The average Bonchev–Trinajstić information content (AvgIpc) is 2.17. The number of carboxylic acids is 1. The van der Waals surface area contributed by atoms with E-state index in [0.29, 0.717) is 0 Å². The van der Waals surface area contributed by atoms with E-state index in [9.17, 15) is 18.0 Å². The fourth-order valence-corrected chi connectivity index (χ4v) is 1.67. The molecule has 0 spiro atoms. The normalized spacial score (nSPS) is 11.1. The van der Waals surface area contributed by atoms with E-state index in [1.54, 1.807) is 22.6 Å². The summed E-state index contributed by atoms with van der Waals surface area (Å²) in [4.78, 5) is 14.0. The number of carbonyl (C=O) groups is 1. The Morgan fingerprint density at radius 2 is 2.12 bits per heavy atom. The summed E-state index contributed by atoms with van der Waals surface area (Å²) in [5.74, 6) is -2.41. The molecule has 0 fully saturated rings. The molecule has 0 aliphatic rings. The molecule has 5 nitrogen and oxygen atoms in total. The molecule has 1 rings (SSSR count). The minimum absolute atomic E-state index is 0.0581. The first-order valence-electron chi connectivity index (χ1n) is 3.98. The van der Waals surface area contributed by atoms with Crippen molar-refractivity contribution in [3.8, 4) is 11.6 Å². The van der Waals surface area contributed by atoms with Crippen molar-refractivity contribution in [2.45, 2.75) is 6.36 Å². The highest BCUT2D eigenvalue weighted by Crippen LogP contribution is 2.30. The number of rotatable bonds is 3. The SMILES string of the molecule is COc1cc(OC(F)(F)F)nc(C(=O)O)c1I. The Morgan fingerprint density at radius 3 is 2.53 bits per heavy atom. The lowest BCUT2D eigenvalue weighted by molar-refractivity contribution is -0.276. The largest absolute Gasteiger partial charge is 0.574 e. The van der Waals surface area contributed by atoms with E-state index in [-0.39, 0.29) is 9.32 Å². The van der Waals surface area contributed by atoms with E-state index in [1.165, 1.54) is 7.11 Å². The molecule has 0 aromatic carbocycles. The van der Waals surface area contributed by atoms with Gasteiger partial charge in [0.1, 0.15) is 5.75 Å². The van der Waals surface area contributed by atoms with Gasteiger partial charge in [-0.25, -0.2) is 9.78 Å². The topological polar surface area (TPSA) is 68.7 Å². The van der Waals surface area contributed by atoms with Crippen LogP contribution in [0, 0.1) is 3.57 Å². The van der Waals surface area contributed by atoms with Crippen LogP contribution in [0.2, 0.25) is 0 Å². The minimum Gasteiger partial charge on any atom is -0.495 e. The van der Waals surface area contributed by atoms with Crippen LogP contribution in [0.3, 0.4) is 0 Å². The zero-order chi connectivity index (χ0) is 13.2. The third-order valence-electron chi connectivity index (χ3n) is 1.54. The van der Waals surface area contributed by atoms with E-state index in [1.807, 2.05) is 0 Å². The fourth-order valence-electron chi connectivity index (χ4n) is 0.945. The molecule has 1 heterocycles. The molecule has 0 aliphatic carbocycles. The number of ether oxygens (including phenoxy) is 2. The molecule has 0 saturated carbocycles. The third-order valence-corrected chi connectivity index (χ3v) is 2.59. The third kappa shape index (κ3) is 3.61. The summed E-state index contributed by atoms with van der Waals surface area (Å²) in [5, 5.41) is 8.75. The van der Waals surface area contributed by atoms with Crippen molar-refractivity contribution in [1.29, 1.82) is 0 Å². The van der Waals surface area contributed by atoms with Crippen molar-refractivity contribution in [2.24, 2.45) is 0 Å². The Bertz CT molecular complexity index is 449. The number of halogens is 4. The maximum absolute atomic E-state index is 12.0. The summed E-state index contributed by atoms with van der Waals surface area (Å²) in [6.07, 6.45) is -4.94. The monoisotopic (exact) mass is 363 g/mol. The quantitative estimate of drug-likeness (QED) is 0.835. The first-order chi connectivity index (χ1) is 7.74. The van der Waals surface area contributed by atoms with E-state index < -0.39 is 23.9 Å². The van der Waals surface area contributed by atoms with Crippen LogP contribution < -0.4 is 9.47 Å². The van der Waals surface area contributed by atoms with Gasteiger partial charge in [-0.3, -0.25) is 0 Å². The molecule has 1 N–H and O–H groups in total. The number of pyridine rings is 1. The second-order valence-corrected chi connectivity index (χ2v) is 3.76. The van der Waals surface area contributed by atoms with E-state index in [0.717, 1.165) is 6.07 Å². The van der Waals surface area contributed by atoms with Crippen molar-refractivity contribution >= 4 is 28.6 Å². The highest BCUT2D eigenvalue weighted by atomic mass is 127. The van der Waals surface area contributed by atoms with E-state index >= 15 is 0 Å². The van der Waals surface area contributed by atoms with Crippen LogP contribution in [0.1, 0.15) is 10.5 Å². The van der Waals surface area contributed by atoms with Gasteiger partial charge in [0.05, 0.1) is 10.7 Å². The molecule has 1 aromatic rings. The molecule has 0 aliphatic heterocycles. The maximum atomic E-state index is 12.0. The van der Waals surface area contributed by atoms with Crippen LogP contribution in [-0.4, -0.2) is 29.5 Å². The van der Waals surface area contributed by atoms with Gasteiger partial charge in [0.25, 0.3) is 0 Å². The molecule has 0 amide bonds. The van der Waals surface area contributed by atoms with Gasteiger partial charge in [-0.2, -0.15) is 0 Å². The molecule has 9 heteroatoms. The predicted octanol–water partition coefficient (Wildman–Crippen LogP) is 2.29. The lowest BCUT2D eigenvalue weighted by atomic mass is 10.3. The molecule has 0 atom stereocenters. The second-order valence-electron chi connectivity index (χ2n) is 2.68. The summed E-state index contributed by atoms with van der Waals surface area (Å²) in [5.41, 5.74) is -0.566. The summed E-state index contributed by atoms with van der Waals surface area (Å²) in [6, 6.07) is 0.863. The van der Waals surface area contributed by atoms with Crippen molar-refractivity contribution < 1.29 is 32.5 Å². The lowest BCUT2D eigenvalue weighted by Gasteiger charge is -2.11. The van der Waals surface area contributed by atoms with Gasteiger partial charge in [0.2, 0.25) is 5.88 Å². The van der Waals surface area contributed by atoms with Crippen LogP contribution in [0.25, 0.3) is 0 Å².